The Kier molecular flexibility index (Phi) is 6.80. The molecule has 24 heavy (non-hydrogen) atoms. The highest BCUT2D eigenvalue weighted by Gasteiger charge is 2.22. The first-order valence-corrected chi connectivity index (χ1v) is 8.57. The van der Waals surface area contributed by atoms with Crippen LogP contribution >= 0.6 is 0 Å². The molecule has 0 N–H and O–H groups in total. The minimum atomic E-state index is -0.0631. The lowest BCUT2D eigenvalue weighted by Gasteiger charge is -2.20. The van der Waals surface area contributed by atoms with E-state index in [1.165, 1.54) is 0 Å². The minimum absolute atomic E-state index is 0.0179. The molecule has 2 atom stereocenters. The summed E-state index contributed by atoms with van der Waals surface area (Å²) in [5.41, 5.74) is 2.21. The first-order chi connectivity index (χ1) is 11.7. The van der Waals surface area contributed by atoms with E-state index in [-0.39, 0.29) is 17.6 Å². The van der Waals surface area contributed by atoms with Gasteiger partial charge in [-0.15, -0.1) is 6.58 Å². The van der Waals surface area contributed by atoms with Crippen LogP contribution in [0.25, 0.3) is 0 Å². The van der Waals surface area contributed by atoms with Crippen molar-refractivity contribution in [2.24, 2.45) is 5.92 Å². The number of hydrogen-bond acceptors (Lipinski definition) is 2. The average molecular weight is 322 g/mol. The zero-order valence-corrected chi connectivity index (χ0v) is 14.6. The van der Waals surface area contributed by atoms with Crippen LogP contribution in [0.5, 0.6) is 5.75 Å². The van der Waals surface area contributed by atoms with E-state index in [0.717, 1.165) is 23.3 Å². The number of Topliss-reactive ketones (excluding diaryl/α,β-unsaturated/α-hetero) is 1. The van der Waals surface area contributed by atoms with Crippen LogP contribution in [0.2, 0.25) is 0 Å². The van der Waals surface area contributed by atoms with E-state index < -0.39 is 0 Å². The number of carbonyl (C=O) groups is 1. The van der Waals surface area contributed by atoms with Crippen molar-refractivity contribution in [2.45, 2.75) is 39.2 Å². The third-order valence-corrected chi connectivity index (χ3v) is 4.29. The Morgan fingerprint density at radius 3 is 2.58 bits per heavy atom. The second-order valence-corrected chi connectivity index (χ2v) is 6.11. The highest BCUT2D eigenvalue weighted by molar-refractivity contribution is 5.82. The van der Waals surface area contributed by atoms with E-state index in [0.29, 0.717) is 13.0 Å². The predicted molar refractivity (Wildman–Crippen MR) is 99.2 cm³/mol. The van der Waals surface area contributed by atoms with Gasteiger partial charge in [-0.05, 0) is 29.7 Å². The molecule has 0 radical (unpaired) electrons. The molecule has 2 heteroatoms. The zero-order valence-electron chi connectivity index (χ0n) is 14.6. The molecule has 0 heterocycles. The monoisotopic (exact) mass is 322 g/mol. The summed E-state index contributed by atoms with van der Waals surface area (Å²) in [6, 6.07) is 18.1. The normalized spacial score (nSPS) is 13.1. The Morgan fingerprint density at radius 1 is 1.17 bits per heavy atom. The number of hydrogen-bond donors (Lipinski definition) is 0. The maximum absolute atomic E-state index is 12.2. The highest BCUT2D eigenvalue weighted by atomic mass is 16.5. The van der Waals surface area contributed by atoms with Crippen molar-refractivity contribution in [3.05, 3.63) is 78.4 Å². The van der Waals surface area contributed by atoms with Crippen LogP contribution in [0.4, 0.5) is 0 Å². The van der Waals surface area contributed by atoms with Crippen molar-refractivity contribution in [1.82, 2.24) is 0 Å². The van der Waals surface area contributed by atoms with Gasteiger partial charge < -0.3 is 4.74 Å². The second kappa shape index (κ2) is 9.07. The number of ketones is 1. The number of benzene rings is 2. The predicted octanol–water partition coefficient (Wildman–Crippen LogP) is 5.54. The van der Waals surface area contributed by atoms with Gasteiger partial charge in [-0.2, -0.15) is 0 Å². The molecule has 0 aliphatic heterocycles. The maximum Gasteiger partial charge on any atom is 0.136 e. The number of allylic oxidation sites excluding steroid dienone is 1. The van der Waals surface area contributed by atoms with Crippen molar-refractivity contribution in [3.63, 3.8) is 0 Å². The molecular weight excluding hydrogens is 296 g/mol. The van der Waals surface area contributed by atoms with E-state index in [2.05, 4.69) is 6.58 Å². The summed E-state index contributed by atoms with van der Waals surface area (Å²) in [5.74, 6) is 1.06. The fourth-order valence-electron chi connectivity index (χ4n) is 2.86. The number of rotatable bonds is 9. The third-order valence-electron chi connectivity index (χ3n) is 4.29. The lowest BCUT2D eigenvalue weighted by atomic mass is 9.83. The molecule has 0 fully saturated rings. The molecule has 0 spiro atoms. The third kappa shape index (κ3) is 4.82. The van der Waals surface area contributed by atoms with Gasteiger partial charge in [0.1, 0.15) is 18.1 Å². The fraction of sp³-hybridized carbons (Fsp3) is 0.318. The highest BCUT2D eigenvalue weighted by Crippen LogP contribution is 2.30. The Hall–Kier alpha value is -2.35. The second-order valence-electron chi connectivity index (χ2n) is 6.11. The zero-order chi connectivity index (χ0) is 17.4. The molecule has 2 nitrogen and oxygen atoms in total. The summed E-state index contributed by atoms with van der Waals surface area (Å²) in [6.07, 6.45) is 3.37. The number of carbonyl (C=O) groups excluding carboxylic acids is 1. The van der Waals surface area contributed by atoms with Gasteiger partial charge >= 0.3 is 0 Å². The fourth-order valence-corrected chi connectivity index (χ4v) is 2.86. The van der Waals surface area contributed by atoms with Gasteiger partial charge in [0.25, 0.3) is 0 Å². The van der Waals surface area contributed by atoms with Crippen molar-refractivity contribution >= 4 is 5.78 Å². The summed E-state index contributed by atoms with van der Waals surface area (Å²) in [6.45, 7) is 8.49. The largest absolute Gasteiger partial charge is 0.489 e. The topological polar surface area (TPSA) is 26.3 Å². The quantitative estimate of drug-likeness (QED) is 0.567. The molecule has 2 aromatic rings. The molecule has 126 valence electrons. The Balaban J connectivity index is 2.10. The first-order valence-electron chi connectivity index (χ1n) is 8.57. The molecule has 0 saturated carbocycles. The average Bonchev–Trinajstić information content (AvgIpc) is 2.62. The lowest BCUT2D eigenvalue weighted by molar-refractivity contribution is -0.122. The van der Waals surface area contributed by atoms with Crippen LogP contribution in [-0.2, 0) is 11.4 Å². The number of ether oxygens (including phenoxy) is 1. The van der Waals surface area contributed by atoms with Crippen LogP contribution in [0, 0.1) is 5.92 Å². The van der Waals surface area contributed by atoms with E-state index in [4.69, 9.17) is 4.74 Å². The van der Waals surface area contributed by atoms with Crippen molar-refractivity contribution < 1.29 is 9.53 Å². The van der Waals surface area contributed by atoms with Gasteiger partial charge in [0.05, 0.1) is 0 Å². The maximum atomic E-state index is 12.2. The van der Waals surface area contributed by atoms with Gasteiger partial charge in [-0.1, -0.05) is 62.4 Å². The Bertz CT molecular complexity index is 661. The molecule has 0 aliphatic carbocycles. The van der Waals surface area contributed by atoms with E-state index >= 15 is 0 Å². The summed E-state index contributed by atoms with van der Waals surface area (Å²) in [5, 5.41) is 0. The Morgan fingerprint density at radius 2 is 1.92 bits per heavy atom. The first kappa shape index (κ1) is 18.0. The molecule has 2 aromatic carbocycles. The van der Waals surface area contributed by atoms with Crippen molar-refractivity contribution in [1.29, 1.82) is 0 Å². The van der Waals surface area contributed by atoms with Crippen LogP contribution in [0.15, 0.2) is 67.3 Å². The van der Waals surface area contributed by atoms with E-state index in [1.807, 2.05) is 74.5 Å². The minimum Gasteiger partial charge on any atom is -0.489 e. The molecule has 0 aromatic heterocycles. The molecule has 0 unspecified atom stereocenters. The summed E-state index contributed by atoms with van der Waals surface area (Å²) in [7, 11) is 0. The molecule has 0 saturated heterocycles. The smallest absolute Gasteiger partial charge is 0.136 e. The standard InChI is InChI=1S/C22H26O2/c1-4-10-22(23)17(3)21(5-2)19-13-9-14-20(15-19)24-16-18-11-7-6-8-12-18/h5-9,11-15,17,21H,2,4,10,16H2,1,3H3/t17-,21-/m1/s1. The van der Waals surface area contributed by atoms with Crippen LogP contribution in [0.1, 0.15) is 43.7 Å². The summed E-state index contributed by atoms with van der Waals surface area (Å²) in [4.78, 5) is 12.2. The molecule has 0 aliphatic rings. The van der Waals surface area contributed by atoms with Crippen molar-refractivity contribution in [2.75, 3.05) is 0 Å². The van der Waals surface area contributed by atoms with Gasteiger partial charge in [-0.25, -0.2) is 0 Å². The van der Waals surface area contributed by atoms with Gasteiger partial charge in [0.15, 0.2) is 0 Å². The van der Waals surface area contributed by atoms with Gasteiger partial charge in [-0.3, -0.25) is 4.79 Å². The van der Waals surface area contributed by atoms with Gasteiger partial charge in [0, 0.05) is 18.3 Å². The van der Waals surface area contributed by atoms with Crippen LogP contribution in [0.3, 0.4) is 0 Å². The molecular formula is C22H26O2. The van der Waals surface area contributed by atoms with E-state index in [9.17, 15) is 4.79 Å². The lowest BCUT2D eigenvalue weighted by Crippen LogP contribution is -2.18. The van der Waals surface area contributed by atoms with Crippen molar-refractivity contribution in [3.8, 4) is 5.75 Å². The van der Waals surface area contributed by atoms with Crippen LogP contribution < -0.4 is 4.74 Å². The SMILES string of the molecule is C=C[C@@H](c1cccc(OCc2ccccc2)c1)[C@@H](C)C(=O)CCC. The molecule has 0 bridgehead atoms. The summed E-state index contributed by atoms with van der Waals surface area (Å²) < 4.78 is 5.90. The summed E-state index contributed by atoms with van der Waals surface area (Å²) >= 11 is 0. The molecule has 0 amide bonds. The molecule has 2 rings (SSSR count). The Labute approximate surface area is 145 Å². The van der Waals surface area contributed by atoms with Crippen LogP contribution in [-0.4, -0.2) is 5.78 Å². The van der Waals surface area contributed by atoms with Gasteiger partial charge in [0.2, 0.25) is 0 Å². The van der Waals surface area contributed by atoms with E-state index in [1.54, 1.807) is 0 Å².